The van der Waals surface area contributed by atoms with E-state index in [-0.39, 0.29) is 5.91 Å². The molecule has 7 heteroatoms. The molecule has 1 aromatic rings. The van der Waals surface area contributed by atoms with Crippen LogP contribution < -0.4 is 5.32 Å². The fourth-order valence-electron chi connectivity index (χ4n) is 1.33. The van der Waals surface area contributed by atoms with Gasteiger partial charge in [0.05, 0.1) is 0 Å². The second-order valence-corrected chi connectivity index (χ2v) is 4.88. The van der Waals surface area contributed by atoms with Crippen LogP contribution in [0.5, 0.6) is 0 Å². The molecule has 0 spiro atoms. The number of aliphatic hydroxyl groups excluding tert-OH is 1. The number of amides is 1. The molecular weight excluding hydrogens is 279 g/mol. The lowest BCUT2D eigenvalue weighted by molar-refractivity contribution is -0.195. The van der Waals surface area contributed by atoms with Gasteiger partial charge in [-0.2, -0.15) is 24.9 Å². The number of carbonyl (C=O) groups is 1. The topological polar surface area (TPSA) is 49.3 Å². The highest BCUT2D eigenvalue weighted by Gasteiger charge is 2.37. The second kappa shape index (κ2) is 6.81. The van der Waals surface area contributed by atoms with E-state index in [0.717, 1.165) is 17.3 Å². The van der Waals surface area contributed by atoms with E-state index >= 15 is 0 Å². The van der Waals surface area contributed by atoms with Crippen LogP contribution in [0.3, 0.4) is 0 Å². The molecule has 3 nitrogen and oxygen atoms in total. The van der Waals surface area contributed by atoms with Gasteiger partial charge in [-0.05, 0) is 17.7 Å². The fraction of sp³-hybridized carbons (Fsp3) is 0.417. The molecule has 0 unspecified atom stereocenters. The van der Waals surface area contributed by atoms with Gasteiger partial charge < -0.3 is 10.4 Å². The molecule has 0 aliphatic rings. The van der Waals surface area contributed by atoms with Crippen molar-refractivity contribution < 1.29 is 23.1 Å². The van der Waals surface area contributed by atoms with Gasteiger partial charge in [-0.1, -0.05) is 12.1 Å². The van der Waals surface area contributed by atoms with Gasteiger partial charge >= 0.3 is 6.18 Å². The van der Waals surface area contributed by atoms with Gasteiger partial charge in [0.15, 0.2) is 6.10 Å². The summed E-state index contributed by atoms with van der Waals surface area (Å²) in [4.78, 5) is 11.4. The van der Waals surface area contributed by atoms with Crippen molar-refractivity contribution >= 4 is 17.7 Å². The number of halogens is 3. The van der Waals surface area contributed by atoms with E-state index in [1.54, 1.807) is 24.3 Å². The van der Waals surface area contributed by atoms with Crippen molar-refractivity contribution in [1.29, 1.82) is 0 Å². The van der Waals surface area contributed by atoms with Gasteiger partial charge in [-0.3, -0.25) is 4.79 Å². The first-order valence-corrected chi connectivity index (χ1v) is 6.63. The van der Waals surface area contributed by atoms with Crippen LogP contribution in [0.4, 0.5) is 13.2 Å². The number of hydrogen-bond donors (Lipinski definition) is 2. The van der Waals surface area contributed by atoms with Crippen molar-refractivity contribution in [3.63, 3.8) is 0 Å². The molecule has 1 rings (SSSR count). The Bertz CT molecular complexity index is 437. The largest absolute Gasteiger partial charge is 0.415 e. The summed E-state index contributed by atoms with van der Waals surface area (Å²) >= 11 is 0.968. The molecule has 106 valence electrons. The SMILES string of the molecule is CNC(=O)c1cccc(CSC[C@H](O)C(F)(F)F)c1. The first kappa shape index (κ1) is 15.8. The van der Waals surface area contributed by atoms with Gasteiger partial charge in [-0.15, -0.1) is 0 Å². The number of thioether (sulfide) groups is 1. The number of nitrogens with one attached hydrogen (secondary N) is 1. The van der Waals surface area contributed by atoms with Crippen molar-refractivity contribution in [2.45, 2.75) is 18.0 Å². The van der Waals surface area contributed by atoms with E-state index in [2.05, 4.69) is 5.32 Å². The summed E-state index contributed by atoms with van der Waals surface area (Å²) in [7, 11) is 1.50. The van der Waals surface area contributed by atoms with Crippen LogP contribution in [-0.2, 0) is 5.75 Å². The van der Waals surface area contributed by atoms with Crippen LogP contribution >= 0.6 is 11.8 Å². The third kappa shape index (κ3) is 5.12. The smallest absolute Gasteiger partial charge is 0.383 e. The van der Waals surface area contributed by atoms with Crippen molar-refractivity contribution in [3.05, 3.63) is 35.4 Å². The Hall–Kier alpha value is -1.21. The lowest BCUT2D eigenvalue weighted by atomic mass is 10.1. The van der Waals surface area contributed by atoms with Crippen LogP contribution in [0.15, 0.2) is 24.3 Å². The summed E-state index contributed by atoms with van der Waals surface area (Å²) in [6, 6.07) is 6.63. The lowest BCUT2D eigenvalue weighted by Crippen LogP contribution is -2.30. The highest BCUT2D eigenvalue weighted by molar-refractivity contribution is 7.98. The highest BCUT2D eigenvalue weighted by Crippen LogP contribution is 2.24. The summed E-state index contributed by atoms with van der Waals surface area (Å²) in [5, 5.41) is 11.3. The summed E-state index contributed by atoms with van der Waals surface area (Å²) in [5.74, 6) is -0.367. The summed E-state index contributed by atoms with van der Waals surface area (Å²) in [6.07, 6.45) is -6.91. The number of hydrogen-bond acceptors (Lipinski definition) is 3. The molecular formula is C12H14F3NO2S. The number of alkyl halides is 3. The molecule has 1 amide bonds. The Morgan fingerprint density at radius 2 is 2.16 bits per heavy atom. The lowest BCUT2D eigenvalue weighted by Gasteiger charge is -2.13. The van der Waals surface area contributed by atoms with Crippen molar-refractivity contribution in [3.8, 4) is 0 Å². The van der Waals surface area contributed by atoms with Crippen molar-refractivity contribution in [1.82, 2.24) is 5.32 Å². The molecule has 1 aromatic carbocycles. The highest BCUT2D eigenvalue weighted by atomic mass is 32.2. The standard InChI is InChI=1S/C12H14F3NO2S/c1-16-11(18)9-4-2-3-8(5-9)6-19-7-10(17)12(13,14)15/h2-5,10,17H,6-7H2,1H3,(H,16,18)/t10-/m0/s1. The molecule has 0 saturated heterocycles. The molecule has 0 aromatic heterocycles. The van der Waals surface area contributed by atoms with Crippen LogP contribution in [-0.4, -0.2) is 36.1 Å². The average Bonchev–Trinajstić information content (AvgIpc) is 2.37. The van der Waals surface area contributed by atoms with Crippen molar-refractivity contribution in [2.24, 2.45) is 0 Å². The molecule has 0 fully saturated rings. The summed E-state index contributed by atoms with van der Waals surface area (Å²) in [6.45, 7) is 0. The number of carbonyl (C=O) groups excluding carboxylic acids is 1. The minimum Gasteiger partial charge on any atom is -0.383 e. The van der Waals surface area contributed by atoms with Crippen LogP contribution in [0.1, 0.15) is 15.9 Å². The van der Waals surface area contributed by atoms with Crippen LogP contribution in [0, 0.1) is 0 Å². The van der Waals surface area contributed by atoms with Gasteiger partial charge in [0.2, 0.25) is 0 Å². The normalized spacial score (nSPS) is 13.1. The molecule has 19 heavy (non-hydrogen) atoms. The summed E-state index contributed by atoms with van der Waals surface area (Å²) < 4.78 is 36.2. The first-order chi connectivity index (χ1) is 8.84. The molecule has 0 radical (unpaired) electrons. The predicted octanol–water partition coefficient (Wildman–Crippen LogP) is 2.20. The number of aliphatic hydroxyl groups is 1. The van der Waals surface area contributed by atoms with Gasteiger partial charge in [0.1, 0.15) is 0 Å². The Kier molecular flexibility index (Phi) is 5.68. The first-order valence-electron chi connectivity index (χ1n) is 5.48. The maximum atomic E-state index is 12.1. The molecule has 0 aliphatic heterocycles. The van der Waals surface area contributed by atoms with Crippen LogP contribution in [0.25, 0.3) is 0 Å². The van der Waals surface area contributed by atoms with Crippen LogP contribution in [0.2, 0.25) is 0 Å². The Morgan fingerprint density at radius 1 is 1.47 bits per heavy atom. The molecule has 0 aliphatic carbocycles. The molecule has 0 saturated carbocycles. The average molecular weight is 293 g/mol. The van der Waals surface area contributed by atoms with Gasteiger partial charge in [-0.25, -0.2) is 0 Å². The van der Waals surface area contributed by atoms with E-state index in [9.17, 15) is 18.0 Å². The third-order valence-corrected chi connectivity index (χ3v) is 3.43. The van der Waals surface area contributed by atoms with E-state index in [1.807, 2.05) is 0 Å². The maximum absolute atomic E-state index is 12.1. The zero-order chi connectivity index (χ0) is 14.5. The zero-order valence-corrected chi connectivity index (χ0v) is 11.0. The van der Waals surface area contributed by atoms with E-state index in [1.165, 1.54) is 7.05 Å². The minimum absolute atomic E-state index is 0.248. The predicted molar refractivity (Wildman–Crippen MR) is 68.1 cm³/mol. The molecule has 1 atom stereocenters. The van der Waals surface area contributed by atoms with Crippen molar-refractivity contribution in [2.75, 3.05) is 12.8 Å². The minimum atomic E-state index is -4.59. The monoisotopic (exact) mass is 293 g/mol. The van der Waals surface area contributed by atoms with E-state index < -0.39 is 18.0 Å². The molecule has 0 bridgehead atoms. The summed E-state index contributed by atoms with van der Waals surface area (Å²) in [5.41, 5.74) is 1.19. The Morgan fingerprint density at radius 3 is 2.74 bits per heavy atom. The third-order valence-electron chi connectivity index (χ3n) is 2.34. The Balaban J connectivity index is 2.52. The second-order valence-electron chi connectivity index (χ2n) is 3.85. The fourth-order valence-corrected chi connectivity index (χ4v) is 2.27. The maximum Gasteiger partial charge on any atom is 0.415 e. The zero-order valence-electron chi connectivity index (χ0n) is 10.2. The number of benzene rings is 1. The Labute approximate surface area is 113 Å². The van der Waals surface area contributed by atoms with E-state index in [0.29, 0.717) is 11.3 Å². The quantitative estimate of drug-likeness (QED) is 0.875. The van der Waals surface area contributed by atoms with Gasteiger partial charge in [0, 0.05) is 24.1 Å². The van der Waals surface area contributed by atoms with E-state index in [4.69, 9.17) is 5.11 Å². The van der Waals surface area contributed by atoms with Gasteiger partial charge in [0.25, 0.3) is 5.91 Å². The molecule has 2 N–H and O–H groups in total. The number of rotatable bonds is 5. The molecule has 0 heterocycles.